The number of furan rings is 1. The van der Waals surface area contributed by atoms with Gasteiger partial charge in [-0.05, 0) is 62.3 Å². The van der Waals surface area contributed by atoms with E-state index in [1.165, 1.54) is 18.6 Å². The van der Waals surface area contributed by atoms with Gasteiger partial charge in [0.05, 0.1) is 17.2 Å². The van der Waals surface area contributed by atoms with Crippen LogP contribution in [-0.2, 0) is 9.84 Å². The summed E-state index contributed by atoms with van der Waals surface area (Å²) in [5.74, 6) is -3.14. The van der Waals surface area contributed by atoms with Crippen LogP contribution >= 0.6 is 0 Å². The van der Waals surface area contributed by atoms with Gasteiger partial charge in [0.2, 0.25) is 9.84 Å². The van der Waals surface area contributed by atoms with Gasteiger partial charge in [-0.3, -0.25) is 9.69 Å². The zero-order valence-electron chi connectivity index (χ0n) is 15.2. The number of nitrogens with zero attached hydrogens (tertiary/aromatic N) is 1. The second kappa shape index (κ2) is 8.83. The minimum Gasteiger partial charge on any atom is -0.468 e. The van der Waals surface area contributed by atoms with Crippen LogP contribution in [0.15, 0.2) is 52.0 Å². The molecule has 6 nitrogen and oxygen atoms in total. The summed E-state index contributed by atoms with van der Waals surface area (Å²) in [6, 6.07) is 8.07. The zero-order chi connectivity index (χ0) is 20.1. The van der Waals surface area contributed by atoms with E-state index < -0.39 is 26.4 Å². The van der Waals surface area contributed by atoms with Crippen molar-refractivity contribution in [2.45, 2.75) is 36.0 Å². The van der Waals surface area contributed by atoms with E-state index in [4.69, 9.17) is 4.42 Å². The molecule has 152 valence electrons. The minimum atomic E-state index is -4.67. The van der Waals surface area contributed by atoms with Gasteiger partial charge in [-0.15, -0.1) is 0 Å². The minimum absolute atomic E-state index is 0.0993. The Morgan fingerprint density at radius 3 is 2.36 bits per heavy atom. The highest BCUT2D eigenvalue weighted by molar-refractivity contribution is 7.91. The lowest BCUT2D eigenvalue weighted by Gasteiger charge is -2.33. The molecule has 0 aliphatic carbocycles. The molecule has 1 saturated heterocycles. The van der Waals surface area contributed by atoms with Gasteiger partial charge in [0.15, 0.2) is 0 Å². The number of amides is 1. The lowest BCUT2D eigenvalue weighted by molar-refractivity contribution is 0.0914. The van der Waals surface area contributed by atoms with Crippen molar-refractivity contribution >= 4 is 15.7 Å². The Morgan fingerprint density at radius 2 is 1.79 bits per heavy atom. The molecular weight excluding hydrogens is 390 g/mol. The maximum absolute atomic E-state index is 12.6. The predicted molar refractivity (Wildman–Crippen MR) is 98.8 cm³/mol. The first-order valence-corrected chi connectivity index (χ1v) is 10.6. The number of halogens is 2. The van der Waals surface area contributed by atoms with E-state index >= 15 is 0 Å². The van der Waals surface area contributed by atoms with Gasteiger partial charge in [-0.2, -0.15) is 8.78 Å². The summed E-state index contributed by atoms with van der Waals surface area (Å²) in [4.78, 5) is 14.2. The fourth-order valence-corrected chi connectivity index (χ4v) is 4.03. The molecule has 9 heteroatoms. The molecule has 0 unspecified atom stereocenters. The molecule has 28 heavy (non-hydrogen) atoms. The molecule has 1 aliphatic heterocycles. The van der Waals surface area contributed by atoms with E-state index in [1.54, 1.807) is 12.3 Å². The first kappa shape index (κ1) is 20.5. The molecule has 3 rings (SSSR count). The number of nitrogens with one attached hydrogen (secondary N) is 1. The van der Waals surface area contributed by atoms with E-state index in [0.29, 0.717) is 6.54 Å². The molecule has 1 aromatic carbocycles. The molecule has 1 atom stereocenters. The lowest BCUT2D eigenvalue weighted by Crippen LogP contribution is -2.40. The Kier molecular flexibility index (Phi) is 6.46. The van der Waals surface area contributed by atoms with Crippen molar-refractivity contribution in [2.75, 3.05) is 19.6 Å². The number of alkyl halides is 2. The number of sulfone groups is 1. The first-order valence-electron chi connectivity index (χ1n) is 9.07. The Bertz CT molecular complexity index is 877. The number of benzene rings is 1. The van der Waals surface area contributed by atoms with Gasteiger partial charge in [0.25, 0.3) is 5.91 Å². The van der Waals surface area contributed by atoms with Crippen molar-refractivity contribution in [1.82, 2.24) is 10.2 Å². The van der Waals surface area contributed by atoms with Crippen LogP contribution in [0.25, 0.3) is 0 Å². The molecule has 1 aromatic heterocycles. The summed E-state index contributed by atoms with van der Waals surface area (Å²) < 4.78 is 53.7. The fraction of sp³-hybridized carbons (Fsp3) is 0.421. The number of rotatable bonds is 7. The second-order valence-corrected chi connectivity index (χ2v) is 8.59. The molecule has 0 radical (unpaired) electrons. The van der Waals surface area contributed by atoms with E-state index in [9.17, 15) is 22.0 Å². The maximum atomic E-state index is 12.6. The Balaban J connectivity index is 1.67. The van der Waals surface area contributed by atoms with Crippen molar-refractivity contribution in [2.24, 2.45) is 0 Å². The second-order valence-electron chi connectivity index (χ2n) is 6.67. The third kappa shape index (κ3) is 4.59. The van der Waals surface area contributed by atoms with Gasteiger partial charge < -0.3 is 9.73 Å². The van der Waals surface area contributed by atoms with Crippen molar-refractivity contribution in [3.05, 3.63) is 54.0 Å². The molecule has 2 heterocycles. The SMILES string of the molecule is O=C(NC[C@@H](c1ccco1)N1CCCCC1)c1ccc(S(=O)(=O)C(F)F)cc1. The average molecular weight is 412 g/mol. The van der Waals surface area contributed by atoms with Gasteiger partial charge >= 0.3 is 5.76 Å². The summed E-state index contributed by atoms with van der Waals surface area (Å²) in [5.41, 5.74) is 0.199. The van der Waals surface area contributed by atoms with Crippen LogP contribution < -0.4 is 5.32 Å². The highest BCUT2D eigenvalue weighted by Gasteiger charge is 2.27. The van der Waals surface area contributed by atoms with Crippen LogP contribution in [0.4, 0.5) is 8.78 Å². The molecule has 0 spiro atoms. The topological polar surface area (TPSA) is 79.6 Å². The van der Waals surface area contributed by atoms with Gasteiger partial charge in [0.1, 0.15) is 5.76 Å². The summed E-state index contributed by atoms with van der Waals surface area (Å²) in [5, 5.41) is 2.83. The normalized spacial score (nSPS) is 16.8. The van der Waals surface area contributed by atoms with E-state index in [2.05, 4.69) is 10.2 Å². The van der Waals surface area contributed by atoms with Crippen molar-refractivity contribution in [3.63, 3.8) is 0 Å². The van der Waals surface area contributed by atoms with Crippen LogP contribution in [0, 0.1) is 0 Å². The predicted octanol–water partition coefficient (Wildman–Crippen LogP) is 3.23. The average Bonchev–Trinajstić information content (AvgIpc) is 3.23. The van der Waals surface area contributed by atoms with Gasteiger partial charge in [-0.1, -0.05) is 6.42 Å². The molecule has 0 saturated carbocycles. The Morgan fingerprint density at radius 1 is 1.11 bits per heavy atom. The number of piperidine rings is 1. The molecular formula is C19H22F2N2O4S. The third-order valence-electron chi connectivity index (χ3n) is 4.84. The first-order chi connectivity index (χ1) is 13.4. The summed E-state index contributed by atoms with van der Waals surface area (Å²) >= 11 is 0. The number of likely N-dealkylation sites (tertiary alicyclic amines) is 1. The summed E-state index contributed by atoms with van der Waals surface area (Å²) in [6.45, 7) is 2.16. The number of hydrogen-bond acceptors (Lipinski definition) is 5. The van der Waals surface area contributed by atoms with E-state index in [1.807, 2.05) is 6.07 Å². The van der Waals surface area contributed by atoms with Crippen LogP contribution in [0.2, 0.25) is 0 Å². The third-order valence-corrected chi connectivity index (χ3v) is 6.24. The molecule has 1 N–H and O–H groups in total. The zero-order valence-corrected chi connectivity index (χ0v) is 16.0. The smallest absolute Gasteiger partial charge is 0.341 e. The van der Waals surface area contributed by atoms with Crippen LogP contribution in [0.1, 0.15) is 41.4 Å². The largest absolute Gasteiger partial charge is 0.468 e. The van der Waals surface area contributed by atoms with Crippen LogP contribution in [0.3, 0.4) is 0 Å². The molecule has 1 amide bonds. The summed E-state index contributed by atoms with van der Waals surface area (Å²) in [7, 11) is -4.67. The summed E-state index contributed by atoms with van der Waals surface area (Å²) in [6.07, 6.45) is 4.95. The number of carbonyl (C=O) groups is 1. The molecule has 1 fully saturated rings. The van der Waals surface area contributed by atoms with Gasteiger partial charge in [0, 0.05) is 12.1 Å². The van der Waals surface area contributed by atoms with Crippen LogP contribution in [-0.4, -0.2) is 44.6 Å². The van der Waals surface area contributed by atoms with E-state index in [0.717, 1.165) is 43.8 Å². The van der Waals surface area contributed by atoms with Crippen LogP contribution in [0.5, 0.6) is 0 Å². The fourth-order valence-electron chi connectivity index (χ4n) is 3.31. The van der Waals surface area contributed by atoms with Gasteiger partial charge in [-0.25, -0.2) is 8.42 Å². The van der Waals surface area contributed by atoms with Crippen molar-refractivity contribution < 1.29 is 26.4 Å². The monoisotopic (exact) mass is 412 g/mol. The lowest BCUT2D eigenvalue weighted by atomic mass is 10.1. The molecule has 0 bridgehead atoms. The van der Waals surface area contributed by atoms with E-state index in [-0.39, 0.29) is 11.6 Å². The number of hydrogen-bond donors (Lipinski definition) is 1. The Labute approximate surface area is 162 Å². The standard InChI is InChI=1S/C19H22F2N2O4S/c20-19(21)28(25,26)15-8-6-14(7-9-15)18(24)22-13-16(17-5-4-12-27-17)23-10-2-1-3-11-23/h4-9,12,16,19H,1-3,10-11,13H2,(H,22,24)/t16-/m0/s1. The molecule has 2 aromatic rings. The Hall–Kier alpha value is -2.26. The highest BCUT2D eigenvalue weighted by atomic mass is 32.2. The quantitative estimate of drug-likeness (QED) is 0.755. The maximum Gasteiger partial charge on any atom is 0.341 e. The number of carbonyl (C=O) groups excluding carboxylic acids is 1. The van der Waals surface area contributed by atoms with Crippen molar-refractivity contribution in [3.8, 4) is 0 Å². The highest BCUT2D eigenvalue weighted by Crippen LogP contribution is 2.25. The molecule has 1 aliphatic rings. The van der Waals surface area contributed by atoms with Crippen molar-refractivity contribution in [1.29, 1.82) is 0 Å².